The number of hydrogen-bond donors (Lipinski definition) is 1. The second kappa shape index (κ2) is 8.39. The van der Waals surface area contributed by atoms with Crippen molar-refractivity contribution in [3.63, 3.8) is 0 Å². The fourth-order valence-electron chi connectivity index (χ4n) is 3.33. The molecule has 1 aliphatic rings. The first-order valence-electron chi connectivity index (χ1n) is 9.40. The van der Waals surface area contributed by atoms with Crippen molar-refractivity contribution < 1.29 is 27.6 Å². The molecule has 4 amide bonds. The number of hydrogen-bond acceptors (Lipinski definition) is 4. The van der Waals surface area contributed by atoms with E-state index in [1.807, 2.05) is 0 Å². The van der Waals surface area contributed by atoms with Gasteiger partial charge in [-0.05, 0) is 60.7 Å². The first-order valence-corrected chi connectivity index (χ1v) is 9.40. The van der Waals surface area contributed by atoms with Gasteiger partial charge in [0.05, 0.1) is 24.9 Å². The quantitative estimate of drug-likeness (QED) is 0.607. The van der Waals surface area contributed by atoms with Crippen LogP contribution in [0, 0.1) is 11.6 Å². The molecule has 1 aliphatic heterocycles. The zero-order valence-electron chi connectivity index (χ0n) is 16.1. The predicted molar refractivity (Wildman–Crippen MR) is 107 cm³/mol. The van der Waals surface area contributed by atoms with Crippen LogP contribution < -0.4 is 10.2 Å². The summed E-state index contributed by atoms with van der Waals surface area (Å²) in [5.41, 5.74) is 0.554. The zero-order valence-corrected chi connectivity index (χ0v) is 16.1. The summed E-state index contributed by atoms with van der Waals surface area (Å²) in [7, 11) is 0. The standard InChI is InChI=1S/C22H17F2N3O4/c23-14-3-7-16(8-4-14)25-20(28)12-19-21(29)27(17-9-5-15(24)6-10-17)22(30)26(19)13-18-2-1-11-31-18/h1-11,19H,12-13H2,(H,25,28). The molecule has 4 rings (SSSR count). The Morgan fingerprint density at radius 2 is 1.61 bits per heavy atom. The summed E-state index contributed by atoms with van der Waals surface area (Å²) in [6.45, 7) is -0.0240. The van der Waals surface area contributed by atoms with Crippen molar-refractivity contribution in [3.8, 4) is 0 Å². The molecule has 2 aromatic carbocycles. The predicted octanol–water partition coefficient (Wildman–Crippen LogP) is 3.92. The lowest BCUT2D eigenvalue weighted by molar-refractivity contribution is -0.124. The molecule has 1 saturated heterocycles. The van der Waals surface area contributed by atoms with Gasteiger partial charge < -0.3 is 14.6 Å². The summed E-state index contributed by atoms with van der Waals surface area (Å²) in [5.74, 6) is -1.66. The van der Waals surface area contributed by atoms with E-state index >= 15 is 0 Å². The van der Waals surface area contributed by atoms with Crippen LogP contribution in [0.3, 0.4) is 0 Å². The molecule has 0 aliphatic carbocycles. The lowest BCUT2D eigenvalue weighted by Gasteiger charge is -2.20. The Morgan fingerprint density at radius 3 is 2.23 bits per heavy atom. The summed E-state index contributed by atoms with van der Waals surface area (Å²) in [6.07, 6.45) is 1.12. The van der Waals surface area contributed by atoms with E-state index in [1.54, 1.807) is 12.1 Å². The maximum absolute atomic E-state index is 13.3. The molecule has 0 radical (unpaired) electrons. The average Bonchev–Trinajstić information content (AvgIpc) is 3.33. The van der Waals surface area contributed by atoms with Crippen molar-refractivity contribution in [3.05, 3.63) is 84.3 Å². The highest BCUT2D eigenvalue weighted by Gasteiger charge is 2.47. The van der Waals surface area contributed by atoms with Crippen LogP contribution in [-0.2, 0) is 16.1 Å². The fraction of sp³-hybridized carbons (Fsp3) is 0.136. The molecule has 0 saturated carbocycles. The first kappa shape index (κ1) is 20.3. The molecule has 0 bridgehead atoms. The lowest BCUT2D eigenvalue weighted by Crippen LogP contribution is -2.37. The number of halogens is 2. The maximum Gasteiger partial charge on any atom is 0.332 e. The number of rotatable bonds is 6. The molecule has 1 aromatic heterocycles. The van der Waals surface area contributed by atoms with Crippen molar-refractivity contribution in [1.29, 1.82) is 0 Å². The third kappa shape index (κ3) is 4.30. The van der Waals surface area contributed by atoms with Gasteiger partial charge in [-0.25, -0.2) is 18.5 Å². The van der Waals surface area contributed by atoms with Gasteiger partial charge in [0.1, 0.15) is 23.4 Å². The smallest absolute Gasteiger partial charge is 0.332 e. The second-order valence-electron chi connectivity index (χ2n) is 6.91. The number of furan rings is 1. The second-order valence-corrected chi connectivity index (χ2v) is 6.91. The van der Waals surface area contributed by atoms with Crippen LogP contribution in [0.1, 0.15) is 12.2 Å². The van der Waals surface area contributed by atoms with Gasteiger partial charge in [0.15, 0.2) is 0 Å². The molecule has 1 atom stereocenters. The van der Waals surface area contributed by atoms with Gasteiger partial charge in [0.2, 0.25) is 5.91 Å². The van der Waals surface area contributed by atoms with E-state index in [1.165, 1.54) is 47.6 Å². The minimum absolute atomic E-state index is 0.0240. The number of urea groups is 1. The van der Waals surface area contributed by atoms with Gasteiger partial charge in [0, 0.05) is 5.69 Å². The normalized spacial score (nSPS) is 16.1. The van der Waals surface area contributed by atoms with Crippen LogP contribution in [0.15, 0.2) is 71.3 Å². The van der Waals surface area contributed by atoms with E-state index in [9.17, 15) is 23.2 Å². The van der Waals surface area contributed by atoms with E-state index in [-0.39, 0.29) is 18.7 Å². The van der Waals surface area contributed by atoms with Gasteiger partial charge in [-0.3, -0.25) is 9.59 Å². The van der Waals surface area contributed by atoms with E-state index in [0.717, 1.165) is 17.0 Å². The molecule has 1 N–H and O–H groups in total. The molecule has 158 valence electrons. The number of imide groups is 1. The van der Waals surface area contributed by atoms with E-state index in [0.29, 0.717) is 11.4 Å². The Hall–Kier alpha value is -4.01. The average molecular weight is 425 g/mol. The van der Waals surface area contributed by atoms with E-state index < -0.39 is 35.5 Å². The molecular formula is C22H17F2N3O4. The molecule has 7 nitrogen and oxygen atoms in total. The van der Waals surface area contributed by atoms with Crippen LogP contribution >= 0.6 is 0 Å². The Balaban J connectivity index is 1.58. The number of carbonyl (C=O) groups excluding carboxylic acids is 3. The fourth-order valence-corrected chi connectivity index (χ4v) is 3.33. The summed E-state index contributed by atoms with van der Waals surface area (Å²) < 4.78 is 31.6. The van der Waals surface area contributed by atoms with Crippen LogP contribution in [0.2, 0.25) is 0 Å². The summed E-state index contributed by atoms with van der Waals surface area (Å²) in [4.78, 5) is 40.8. The van der Waals surface area contributed by atoms with E-state index in [2.05, 4.69) is 5.32 Å². The Labute approximate surface area is 175 Å². The van der Waals surface area contributed by atoms with Crippen molar-refractivity contribution in [2.24, 2.45) is 0 Å². The lowest BCUT2D eigenvalue weighted by atomic mass is 10.1. The van der Waals surface area contributed by atoms with Crippen molar-refractivity contribution in [2.45, 2.75) is 19.0 Å². The minimum atomic E-state index is -1.09. The minimum Gasteiger partial charge on any atom is -0.467 e. The first-order chi connectivity index (χ1) is 14.9. The Morgan fingerprint density at radius 1 is 0.968 bits per heavy atom. The monoisotopic (exact) mass is 425 g/mol. The number of anilines is 2. The number of nitrogens with one attached hydrogen (secondary N) is 1. The van der Waals surface area contributed by atoms with Gasteiger partial charge in [-0.2, -0.15) is 0 Å². The largest absolute Gasteiger partial charge is 0.467 e. The van der Waals surface area contributed by atoms with Crippen molar-refractivity contribution >= 4 is 29.2 Å². The molecule has 9 heteroatoms. The molecule has 1 fully saturated rings. The number of benzene rings is 2. The van der Waals surface area contributed by atoms with Gasteiger partial charge in [-0.1, -0.05) is 0 Å². The third-order valence-corrected chi connectivity index (χ3v) is 4.82. The number of nitrogens with zero attached hydrogens (tertiary/aromatic N) is 2. The summed E-state index contributed by atoms with van der Waals surface area (Å²) >= 11 is 0. The number of carbonyl (C=O) groups is 3. The SMILES string of the molecule is O=C(CC1C(=O)N(c2ccc(F)cc2)C(=O)N1Cc1ccco1)Nc1ccc(F)cc1. The molecule has 1 unspecified atom stereocenters. The highest BCUT2D eigenvalue weighted by Crippen LogP contribution is 2.29. The number of amides is 4. The third-order valence-electron chi connectivity index (χ3n) is 4.82. The summed E-state index contributed by atoms with van der Waals surface area (Å²) in [5, 5.41) is 2.59. The topological polar surface area (TPSA) is 82.9 Å². The molecule has 31 heavy (non-hydrogen) atoms. The van der Waals surface area contributed by atoms with Crippen molar-refractivity contribution in [2.75, 3.05) is 10.2 Å². The van der Waals surface area contributed by atoms with Crippen LogP contribution in [0.25, 0.3) is 0 Å². The highest BCUT2D eigenvalue weighted by atomic mass is 19.1. The van der Waals surface area contributed by atoms with Gasteiger partial charge in [-0.15, -0.1) is 0 Å². The van der Waals surface area contributed by atoms with Crippen LogP contribution in [-0.4, -0.2) is 28.8 Å². The summed E-state index contributed by atoms with van der Waals surface area (Å²) in [6, 6.07) is 11.6. The highest BCUT2D eigenvalue weighted by molar-refractivity contribution is 6.22. The van der Waals surface area contributed by atoms with Crippen LogP contribution in [0.4, 0.5) is 25.0 Å². The molecule has 0 spiro atoms. The zero-order chi connectivity index (χ0) is 22.0. The van der Waals surface area contributed by atoms with Gasteiger partial charge >= 0.3 is 6.03 Å². The molecule has 2 heterocycles. The maximum atomic E-state index is 13.3. The Kier molecular flexibility index (Phi) is 5.48. The molecule has 3 aromatic rings. The van der Waals surface area contributed by atoms with E-state index in [4.69, 9.17) is 4.42 Å². The van der Waals surface area contributed by atoms with Gasteiger partial charge in [0.25, 0.3) is 5.91 Å². The van der Waals surface area contributed by atoms with Crippen LogP contribution in [0.5, 0.6) is 0 Å². The molecular weight excluding hydrogens is 408 g/mol. The van der Waals surface area contributed by atoms with Crippen molar-refractivity contribution in [1.82, 2.24) is 4.90 Å². The Bertz CT molecular complexity index is 1100.